The van der Waals surface area contributed by atoms with Gasteiger partial charge in [-0.15, -0.1) is 0 Å². The van der Waals surface area contributed by atoms with E-state index in [-0.39, 0.29) is 11.0 Å². The molecule has 0 aliphatic carbocycles. The zero-order valence-corrected chi connectivity index (χ0v) is 9.66. The van der Waals surface area contributed by atoms with Crippen LogP contribution in [-0.2, 0) is 10.2 Å². The van der Waals surface area contributed by atoms with Gasteiger partial charge in [0.2, 0.25) is 0 Å². The number of aromatic nitrogens is 1. The summed E-state index contributed by atoms with van der Waals surface area (Å²) in [4.78, 5) is 14.0. The van der Waals surface area contributed by atoms with Gasteiger partial charge in [-0.1, -0.05) is 13.8 Å². The number of carboxylic acids is 1. The fraction of sp³-hybridized carbons (Fsp3) is 0.333. The summed E-state index contributed by atoms with van der Waals surface area (Å²) in [7, 11) is 0. The van der Waals surface area contributed by atoms with Crippen molar-refractivity contribution in [2.45, 2.75) is 19.3 Å². The average molecular weight is 231 g/mol. The van der Waals surface area contributed by atoms with Gasteiger partial charge in [-0.3, -0.25) is 0 Å². The Kier molecular flexibility index (Phi) is 2.43. The minimum absolute atomic E-state index is 0.159. The molecule has 2 rings (SSSR count). The molecule has 0 saturated heterocycles. The Bertz CT molecular complexity index is 547. The first kappa shape index (κ1) is 11.3. The second-order valence-electron chi connectivity index (χ2n) is 4.71. The molecule has 0 radical (unpaired) electrons. The van der Waals surface area contributed by atoms with E-state index in [1.807, 2.05) is 19.9 Å². The monoisotopic (exact) mass is 231 g/mol. The molecular weight excluding hydrogens is 218 g/mol. The lowest BCUT2D eigenvalue weighted by Crippen LogP contribution is -2.29. The zero-order chi connectivity index (χ0) is 12.6. The van der Waals surface area contributed by atoms with Gasteiger partial charge in [-0.25, -0.2) is 4.79 Å². The third kappa shape index (κ3) is 1.78. The highest BCUT2D eigenvalue weighted by Gasteiger charge is 2.31. The van der Waals surface area contributed by atoms with Crippen molar-refractivity contribution in [2.24, 2.45) is 0 Å². The van der Waals surface area contributed by atoms with Crippen LogP contribution in [0.25, 0.3) is 5.57 Å². The third-order valence-corrected chi connectivity index (χ3v) is 2.96. The van der Waals surface area contributed by atoms with Crippen LogP contribution in [0.2, 0.25) is 0 Å². The Balaban J connectivity index is 2.66. The van der Waals surface area contributed by atoms with Gasteiger partial charge in [0.15, 0.2) is 0 Å². The predicted molar refractivity (Wildman–Crippen MR) is 62.1 cm³/mol. The number of aliphatic carboxylic acids is 1. The van der Waals surface area contributed by atoms with E-state index in [0.717, 1.165) is 5.56 Å². The Morgan fingerprint density at radius 2 is 2.29 bits per heavy atom. The Labute approximate surface area is 98.8 Å². The Morgan fingerprint density at radius 1 is 1.59 bits per heavy atom. The number of nitrogens with one attached hydrogen (secondary N) is 2. The molecule has 5 nitrogen and oxygen atoms in total. The molecular formula is C12H13N3O2. The van der Waals surface area contributed by atoms with Crippen LogP contribution in [0.4, 0.5) is 0 Å². The summed E-state index contributed by atoms with van der Waals surface area (Å²) < 4.78 is 0. The molecule has 1 aliphatic heterocycles. The number of carboxylic acid groups (broad SMARTS) is 1. The smallest absolute Gasteiger partial charge is 0.339 e. The molecule has 1 aromatic heterocycles. The molecule has 0 saturated carbocycles. The number of rotatable bonds is 1. The molecule has 5 heteroatoms. The van der Waals surface area contributed by atoms with Crippen LogP contribution in [0.15, 0.2) is 12.3 Å². The first-order valence-corrected chi connectivity index (χ1v) is 5.26. The highest BCUT2D eigenvalue weighted by molar-refractivity contribution is 6.15. The van der Waals surface area contributed by atoms with E-state index >= 15 is 0 Å². The van der Waals surface area contributed by atoms with Gasteiger partial charge >= 0.3 is 5.97 Å². The van der Waals surface area contributed by atoms with E-state index in [0.29, 0.717) is 17.9 Å². The van der Waals surface area contributed by atoms with E-state index in [4.69, 9.17) is 10.4 Å². The van der Waals surface area contributed by atoms with Crippen LogP contribution < -0.4 is 5.32 Å². The van der Waals surface area contributed by atoms with Crippen LogP contribution in [0.1, 0.15) is 30.8 Å². The van der Waals surface area contributed by atoms with Crippen LogP contribution >= 0.6 is 0 Å². The van der Waals surface area contributed by atoms with Crippen molar-refractivity contribution >= 4 is 11.5 Å². The van der Waals surface area contributed by atoms with Crippen molar-refractivity contribution in [2.75, 3.05) is 6.54 Å². The van der Waals surface area contributed by atoms with E-state index in [2.05, 4.69) is 10.3 Å². The van der Waals surface area contributed by atoms with Gasteiger partial charge in [0.1, 0.15) is 11.8 Å². The molecule has 3 N–H and O–H groups in total. The van der Waals surface area contributed by atoms with Gasteiger partial charge in [0, 0.05) is 18.2 Å². The van der Waals surface area contributed by atoms with E-state index in [1.54, 1.807) is 6.07 Å². The van der Waals surface area contributed by atoms with Crippen LogP contribution in [0, 0.1) is 11.3 Å². The van der Waals surface area contributed by atoms with Gasteiger partial charge in [-0.05, 0) is 11.6 Å². The van der Waals surface area contributed by atoms with E-state index < -0.39 is 5.97 Å². The van der Waals surface area contributed by atoms with Crippen molar-refractivity contribution in [3.8, 4) is 6.07 Å². The molecule has 0 amide bonds. The molecule has 1 aromatic rings. The summed E-state index contributed by atoms with van der Waals surface area (Å²) in [5.74, 6) is -1.01. The molecule has 17 heavy (non-hydrogen) atoms. The van der Waals surface area contributed by atoms with Gasteiger partial charge in [0.05, 0.1) is 11.3 Å². The highest BCUT2D eigenvalue weighted by atomic mass is 16.4. The van der Waals surface area contributed by atoms with Gasteiger partial charge in [-0.2, -0.15) is 5.26 Å². The second-order valence-corrected chi connectivity index (χ2v) is 4.71. The van der Waals surface area contributed by atoms with Crippen LogP contribution in [-0.4, -0.2) is 22.6 Å². The van der Waals surface area contributed by atoms with Crippen molar-refractivity contribution in [3.63, 3.8) is 0 Å². The van der Waals surface area contributed by atoms with Crippen molar-refractivity contribution in [1.29, 1.82) is 5.26 Å². The number of H-pyrrole nitrogens is 1. The average Bonchev–Trinajstić information content (AvgIpc) is 2.63. The number of carbonyl (C=O) groups is 1. The quantitative estimate of drug-likeness (QED) is 0.677. The predicted octanol–water partition coefficient (Wildman–Crippen LogP) is 1.19. The minimum Gasteiger partial charge on any atom is -0.478 e. The third-order valence-electron chi connectivity index (χ3n) is 2.96. The van der Waals surface area contributed by atoms with Gasteiger partial charge < -0.3 is 15.4 Å². The summed E-state index contributed by atoms with van der Waals surface area (Å²) >= 11 is 0. The standard InChI is InChI=1S/C12H13N3O2/c1-12(2)6-14-5-8(11(16)17)10-9(12)3-7(4-13)15-10/h3,5,14-15H,6H2,1-2H3,(H,16,17). The zero-order valence-electron chi connectivity index (χ0n) is 9.66. The summed E-state index contributed by atoms with van der Waals surface area (Å²) in [6.45, 7) is 4.64. The molecule has 2 heterocycles. The fourth-order valence-electron chi connectivity index (χ4n) is 2.01. The molecule has 0 unspecified atom stereocenters. The molecule has 1 aliphatic rings. The summed E-state index contributed by atoms with van der Waals surface area (Å²) in [5.41, 5.74) is 1.69. The van der Waals surface area contributed by atoms with Crippen molar-refractivity contribution < 1.29 is 9.90 Å². The first-order chi connectivity index (χ1) is 7.95. The number of hydrogen-bond donors (Lipinski definition) is 3. The topological polar surface area (TPSA) is 88.9 Å². The van der Waals surface area contributed by atoms with Crippen LogP contribution in [0.5, 0.6) is 0 Å². The van der Waals surface area contributed by atoms with Crippen LogP contribution in [0.3, 0.4) is 0 Å². The Hall–Kier alpha value is -2.22. The Morgan fingerprint density at radius 3 is 2.88 bits per heavy atom. The number of nitrogens with zero attached hydrogens (tertiary/aromatic N) is 1. The summed E-state index contributed by atoms with van der Waals surface area (Å²) in [6.07, 6.45) is 1.48. The highest BCUT2D eigenvalue weighted by Crippen LogP contribution is 2.32. The molecule has 0 bridgehead atoms. The lowest BCUT2D eigenvalue weighted by atomic mass is 9.84. The van der Waals surface area contributed by atoms with Gasteiger partial charge in [0.25, 0.3) is 0 Å². The lowest BCUT2D eigenvalue weighted by molar-refractivity contribution is -0.130. The first-order valence-electron chi connectivity index (χ1n) is 5.26. The molecule has 0 aromatic carbocycles. The van der Waals surface area contributed by atoms with E-state index in [1.165, 1.54) is 6.20 Å². The van der Waals surface area contributed by atoms with E-state index in [9.17, 15) is 4.79 Å². The molecule has 88 valence electrons. The maximum Gasteiger partial charge on any atom is 0.339 e. The lowest BCUT2D eigenvalue weighted by Gasteiger charge is -2.23. The van der Waals surface area contributed by atoms with Crippen molar-refractivity contribution in [1.82, 2.24) is 10.3 Å². The largest absolute Gasteiger partial charge is 0.478 e. The van der Waals surface area contributed by atoms with Crippen molar-refractivity contribution in [3.05, 3.63) is 29.2 Å². The maximum absolute atomic E-state index is 11.2. The maximum atomic E-state index is 11.2. The second kappa shape index (κ2) is 3.67. The molecule has 0 atom stereocenters. The number of hydrogen-bond acceptors (Lipinski definition) is 3. The normalized spacial score (nSPS) is 17.1. The molecule has 0 fully saturated rings. The minimum atomic E-state index is -1.01. The fourth-order valence-corrected chi connectivity index (χ4v) is 2.01. The SMILES string of the molecule is CC1(C)CNC=C(C(=O)O)c2[nH]c(C#N)cc21. The number of aromatic amines is 1. The summed E-state index contributed by atoms with van der Waals surface area (Å²) in [5, 5.41) is 21.0. The summed E-state index contributed by atoms with van der Waals surface area (Å²) in [6, 6.07) is 3.73. The molecule has 0 spiro atoms. The number of fused-ring (bicyclic) bond motifs is 1. The number of nitriles is 1.